The molecule has 9 heteroatoms. The number of aromatic nitrogens is 3. The van der Waals surface area contributed by atoms with Crippen molar-refractivity contribution < 1.29 is 18.4 Å². The summed E-state index contributed by atoms with van der Waals surface area (Å²) in [6.07, 6.45) is 3.09. The Bertz CT molecular complexity index is 1050. The molecule has 1 unspecified atom stereocenters. The number of nitrogens with zero attached hydrogens (tertiary/aromatic N) is 4. The van der Waals surface area contributed by atoms with Gasteiger partial charge in [-0.05, 0) is 23.3 Å². The van der Waals surface area contributed by atoms with Gasteiger partial charge in [0.1, 0.15) is 24.3 Å². The first-order valence-electron chi connectivity index (χ1n) is 9.42. The van der Waals surface area contributed by atoms with Gasteiger partial charge in [0, 0.05) is 31.3 Å². The summed E-state index contributed by atoms with van der Waals surface area (Å²) >= 11 is 0. The molecule has 1 aliphatic heterocycles. The van der Waals surface area contributed by atoms with Gasteiger partial charge in [-0.3, -0.25) is 9.59 Å². The lowest BCUT2D eigenvalue weighted by atomic mass is 10.1. The summed E-state index contributed by atoms with van der Waals surface area (Å²) in [5.74, 6) is -2.73. The number of hydrogen-bond acceptors (Lipinski definition) is 4. The first-order chi connectivity index (χ1) is 14.5. The van der Waals surface area contributed by atoms with Crippen molar-refractivity contribution in [3.8, 4) is 0 Å². The summed E-state index contributed by atoms with van der Waals surface area (Å²) in [4.78, 5) is 30.0. The molecule has 30 heavy (non-hydrogen) atoms. The van der Waals surface area contributed by atoms with Crippen LogP contribution in [-0.2, 0) is 22.7 Å². The highest BCUT2D eigenvalue weighted by Gasteiger charge is 2.35. The standard InChI is InChI=1S/C21H19F2N5O2/c22-17-6-18(23)8-19(7-17)28-11-16(5-20(28)29)21(30)25-9-14-2-1-3-15(4-14)10-27-13-24-12-26-27/h1-4,6-8,12-13,16H,5,9-11H2,(H,25,30). The maximum Gasteiger partial charge on any atom is 0.227 e. The summed E-state index contributed by atoms with van der Waals surface area (Å²) in [6, 6.07) is 10.6. The van der Waals surface area contributed by atoms with E-state index in [2.05, 4.69) is 15.4 Å². The molecule has 1 N–H and O–H groups in total. The molecule has 0 saturated carbocycles. The van der Waals surface area contributed by atoms with Crippen LogP contribution in [-0.4, -0.2) is 33.1 Å². The van der Waals surface area contributed by atoms with Crippen molar-refractivity contribution in [2.75, 3.05) is 11.4 Å². The number of hydrogen-bond donors (Lipinski definition) is 1. The van der Waals surface area contributed by atoms with Crippen molar-refractivity contribution in [2.24, 2.45) is 5.92 Å². The number of amides is 2. The Morgan fingerprint density at radius 2 is 1.90 bits per heavy atom. The number of carbonyl (C=O) groups is 2. The zero-order chi connectivity index (χ0) is 21.1. The molecule has 1 saturated heterocycles. The van der Waals surface area contributed by atoms with Crippen molar-refractivity contribution in [3.05, 3.63) is 77.9 Å². The van der Waals surface area contributed by atoms with Gasteiger partial charge in [0.05, 0.1) is 12.5 Å². The minimum Gasteiger partial charge on any atom is -0.352 e. The summed E-state index contributed by atoms with van der Waals surface area (Å²) < 4.78 is 28.6. The third-order valence-electron chi connectivity index (χ3n) is 4.92. The first kappa shape index (κ1) is 19.7. The average molecular weight is 411 g/mol. The SMILES string of the molecule is O=C(NCc1cccc(Cn2cncn2)c1)C1CC(=O)N(c2cc(F)cc(F)c2)C1. The number of anilines is 1. The molecule has 1 fully saturated rings. The summed E-state index contributed by atoms with van der Waals surface area (Å²) in [6.45, 7) is 0.960. The topological polar surface area (TPSA) is 80.1 Å². The van der Waals surface area contributed by atoms with Crippen LogP contribution in [0.25, 0.3) is 0 Å². The fourth-order valence-corrected chi connectivity index (χ4v) is 3.50. The quantitative estimate of drug-likeness (QED) is 0.675. The van der Waals surface area contributed by atoms with Crippen LogP contribution in [0.3, 0.4) is 0 Å². The zero-order valence-corrected chi connectivity index (χ0v) is 16.0. The van der Waals surface area contributed by atoms with Gasteiger partial charge >= 0.3 is 0 Å². The van der Waals surface area contributed by atoms with Gasteiger partial charge < -0.3 is 10.2 Å². The highest BCUT2D eigenvalue weighted by atomic mass is 19.1. The predicted octanol–water partition coefficient (Wildman–Crippen LogP) is 2.27. The van der Waals surface area contributed by atoms with E-state index in [1.807, 2.05) is 24.3 Å². The third-order valence-corrected chi connectivity index (χ3v) is 4.92. The van der Waals surface area contributed by atoms with E-state index in [9.17, 15) is 18.4 Å². The molecule has 1 atom stereocenters. The van der Waals surface area contributed by atoms with E-state index >= 15 is 0 Å². The Hall–Kier alpha value is -3.62. The molecular weight excluding hydrogens is 392 g/mol. The lowest BCUT2D eigenvalue weighted by molar-refractivity contribution is -0.126. The predicted molar refractivity (Wildman–Crippen MR) is 104 cm³/mol. The van der Waals surface area contributed by atoms with Crippen LogP contribution in [0.1, 0.15) is 17.5 Å². The molecule has 3 aromatic rings. The lowest BCUT2D eigenvalue weighted by Crippen LogP contribution is -2.32. The molecule has 0 spiro atoms. The maximum absolute atomic E-state index is 13.5. The van der Waals surface area contributed by atoms with Crippen molar-refractivity contribution in [1.29, 1.82) is 0 Å². The second-order valence-electron chi connectivity index (χ2n) is 7.16. The summed E-state index contributed by atoms with van der Waals surface area (Å²) in [7, 11) is 0. The van der Waals surface area contributed by atoms with Gasteiger partial charge in [-0.15, -0.1) is 0 Å². The van der Waals surface area contributed by atoms with E-state index in [4.69, 9.17) is 0 Å². The number of benzene rings is 2. The number of carbonyl (C=O) groups excluding carboxylic acids is 2. The second-order valence-corrected chi connectivity index (χ2v) is 7.16. The fourth-order valence-electron chi connectivity index (χ4n) is 3.50. The van der Waals surface area contributed by atoms with Crippen LogP contribution in [0.5, 0.6) is 0 Å². The number of rotatable bonds is 6. The molecule has 1 aliphatic rings. The summed E-state index contributed by atoms with van der Waals surface area (Å²) in [5, 5.41) is 6.91. The Labute approximate surface area is 171 Å². The van der Waals surface area contributed by atoms with E-state index in [1.165, 1.54) is 11.2 Å². The largest absolute Gasteiger partial charge is 0.352 e. The average Bonchev–Trinajstić information content (AvgIpc) is 3.35. The van der Waals surface area contributed by atoms with Crippen molar-refractivity contribution in [1.82, 2.24) is 20.1 Å². The van der Waals surface area contributed by atoms with Crippen molar-refractivity contribution in [3.63, 3.8) is 0 Å². The van der Waals surface area contributed by atoms with E-state index in [0.717, 1.165) is 29.3 Å². The Morgan fingerprint density at radius 3 is 2.63 bits per heavy atom. The molecule has 0 aliphatic carbocycles. The molecule has 154 valence electrons. The second kappa shape index (κ2) is 8.40. The molecule has 1 aromatic heterocycles. The minimum atomic E-state index is -0.767. The van der Waals surface area contributed by atoms with E-state index in [0.29, 0.717) is 13.1 Å². The van der Waals surface area contributed by atoms with Gasteiger partial charge in [-0.25, -0.2) is 18.4 Å². The normalized spacial score (nSPS) is 16.1. The monoisotopic (exact) mass is 411 g/mol. The molecule has 2 amide bonds. The fraction of sp³-hybridized carbons (Fsp3) is 0.238. The number of halogens is 2. The minimum absolute atomic E-state index is 0.00367. The van der Waals surface area contributed by atoms with Crippen LogP contribution in [0, 0.1) is 17.6 Å². The molecular formula is C21H19F2N5O2. The Balaban J connectivity index is 1.36. The molecule has 0 radical (unpaired) electrons. The van der Waals surface area contributed by atoms with E-state index < -0.39 is 17.6 Å². The summed E-state index contributed by atoms with van der Waals surface area (Å²) in [5.41, 5.74) is 2.05. The van der Waals surface area contributed by atoms with Gasteiger partial charge in [0.2, 0.25) is 11.8 Å². The molecule has 2 heterocycles. The molecule has 2 aromatic carbocycles. The van der Waals surface area contributed by atoms with Crippen LogP contribution in [0.2, 0.25) is 0 Å². The Kier molecular flexibility index (Phi) is 5.51. The van der Waals surface area contributed by atoms with Gasteiger partial charge in [0.15, 0.2) is 0 Å². The molecule has 0 bridgehead atoms. The van der Waals surface area contributed by atoms with Crippen LogP contribution in [0.15, 0.2) is 55.1 Å². The van der Waals surface area contributed by atoms with Crippen LogP contribution < -0.4 is 10.2 Å². The van der Waals surface area contributed by atoms with Gasteiger partial charge in [0.25, 0.3) is 0 Å². The highest BCUT2D eigenvalue weighted by molar-refractivity contribution is 6.00. The smallest absolute Gasteiger partial charge is 0.227 e. The van der Waals surface area contributed by atoms with E-state index in [1.54, 1.807) is 11.0 Å². The van der Waals surface area contributed by atoms with Crippen molar-refractivity contribution in [2.45, 2.75) is 19.5 Å². The lowest BCUT2D eigenvalue weighted by Gasteiger charge is -2.17. The maximum atomic E-state index is 13.5. The van der Waals surface area contributed by atoms with Crippen molar-refractivity contribution >= 4 is 17.5 Å². The number of nitrogens with one attached hydrogen (secondary N) is 1. The van der Waals surface area contributed by atoms with Crippen LogP contribution in [0.4, 0.5) is 14.5 Å². The molecule has 7 nitrogen and oxygen atoms in total. The highest BCUT2D eigenvalue weighted by Crippen LogP contribution is 2.26. The third kappa shape index (κ3) is 4.51. The Morgan fingerprint density at radius 1 is 1.13 bits per heavy atom. The van der Waals surface area contributed by atoms with E-state index in [-0.39, 0.29) is 30.5 Å². The zero-order valence-electron chi connectivity index (χ0n) is 16.0. The van der Waals surface area contributed by atoms with Crippen LogP contribution >= 0.6 is 0 Å². The molecule has 4 rings (SSSR count). The first-order valence-corrected chi connectivity index (χ1v) is 9.42. The van der Waals surface area contributed by atoms with Gasteiger partial charge in [-0.2, -0.15) is 5.10 Å². The van der Waals surface area contributed by atoms with Gasteiger partial charge in [-0.1, -0.05) is 24.3 Å².